The summed E-state index contributed by atoms with van der Waals surface area (Å²) in [5, 5.41) is 14.5. The highest BCUT2D eigenvalue weighted by Gasteiger charge is 2.23. The van der Waals surface area contributed by atoms with Gasteiger partial charge < -0.3 is 15.7 Å². The van der Waals surface area contributed by atoms with Crippen molar-refractivity contribution >= 4 is 12.0 Å². The molecule has 21 heavy (non-hydrogen) atoms. The van der Waals surface area contributed by atoms with E-state index < -0.39 is 5.97 Å². The lowest BCUT2D eigenvalue weighted by Gasteiger charge is -2.30. The first-order chi connectivity index (χ1) is 10.1. The third kappa shape index (κ3) is 7.93. The monoisotopic (exact) mass is 298 g/mol. The summed E-state index contributed by atoms with van der Waals surface area (Å²) in [6, 6.07) is 0.211. The number of carbonyl (C=O) groups excluding carboxylic acids is 1. The van der Waals surface area contributed by atoms with E-state index in [0.717, 1.165) is 19.3 Å². The first-order valence-corrected chi connectivity index (χ1v) is 8.39. The molecule has 0 aliphatic heterocycles. The summed E-state index contributed by atoms with van der Waals surface area (Å²) in [6.07, 6.45) is 9.91. The van der Waals surface area contributed by atoms with Crippen LogP contribution in [0.4, 0.5) is 4.79 Å². The lowest BCUT2D eigenvalue weighted by molar-refractivity contribution is -0.137. The van der Waals surface area contributed by atoms with Crippen LogP contribution in [0.5, 0.6) is 0 Å². The Morgan fingerprint density at radius 2 is 1.86 bits per heavy atom. The van der Waals surface area contributed by atoms with E-state index in [1.807, 2.05) is 0 Å². The van der Waals surface area contributed by atoms with Gasteiger partial charge in [0.25, 0.3) is 0 Å². The number of nitrogens with one attached hydrogen (secondary N) is 2. The van der Waals surface area contributed by atoms with Crippen molar-refractivity contribution in [2.24, 2.45) is 5.92 Å². The number of aliphatic carboxylic acids is 1. The number of urea groups is 1. The molecule has 5 heteroatoms. The molecule has 0 spiro atoms. The maximum absolute atomic E-state index is 11.9. The maximum Gasteiger partial charge on any atom is 0.315 e. The molecule has 1 aliphatic carbocycles. The number of carbonyl (C=O) groups is 2. The van der Waals surface area contributed by atoms with Crippen LogP contribution in [0.3, 0.4) is 0 Å². The Kier molecular flexibility index (Phi) is 8.87. The summed E-state index contributed by atoms with van der Waals surface area (Å²) in [5.74, 6) is -0.121. The van der Waals surface area contributed by atoms with Crippen LogP contribution in [0, 0.1) is 5.92 Å². The zero-order chi connectivity index (χ0) is 15.5. The fourth-order valence-corrected chi connectivity index (χ4v) is 3.09. The summed E-state index contributed by atoms with van der Waals surface area (Å²) in [4.78, 5) is 22.2. The van der Waals surface area contributed by atoms with Crippen LogP contribution in [0.25, 0.3) is 0 Å². The second-order valence-corrected chi connectivity index (χ2v) is 6.02. The molecule has 1 unspecified atom stereocenters. The normalized spacial score (nSPS) is 17.2. The molecule has 1 saturated carbocycles. The first-order valence-electron chi connectivity index (χ1n) is 8.39. The maximum atomic E-state index is 11.9. The highest BCUT2D eigenvalue weighted by Crippen LogP contribution is 2.27. The van der Waals surface area contributed by atoms with Gasteiger partial charge in [-0.3, -0.25) is 4.79 Å². The highest BCUT2D eigenvalue weighted by atomic mass is 16.4. The van der Waals surface area contributed by atoms with E-state index in [4.69, 9.17) is 5.11 Å². The molecule has 1 aliphatic rings. The summed E-state index contributed by atoms with van der Waals surface area (Å²) in [5.41, 5.74) is 0. The summed E-state index contributed by atoms with van der Waals surface area (Å²) in [7, 11) is 0. The van der Waals surface area contributed by atoms with Crippen molar-refractivity contribution in [1.29, 1.82) is 0 Å². The lowest BCUT2D eigenvalue weighted by atomic mass is 9.83. The number of carboxylic acids is 1. The zero-order valence-electron chi connectivity index (χ0n) is 13.2. The van der Waals surface area contributed by atoms with Gasteiger partial charge in [0.15, 0.2) is 0 Å². The predicted octanol–water partition coefficient (Wildman–Crippen LogP) is 3.29. The minimum Gasteiger partial charge on any atom is -0.481 e. The number of hydrogen-bond donors (Lipinski definition) is 3. The van der Waals surface area contributed by atoms with E-state index >= 15 is 0 Å². The van der Waals surface area contributed by atoms with Gasteiger partial charge in [0, 0.05) is 19.0 Å². The van der Waals surface area contributed by atoms with Gasteiger partial charge in [-0.2, -0.15) is 0 Å². The second-order valence-electron chi connectivity index (χ2n) is 6.02. The van der Waals surface area contributed by atoms with Crippen molar-refractivity contribution in [2.75, 3.05) is 6.54 Å². The van der Waals surface area contributed by atoms with E-state index in [0.29, 0.717) is 18.9 Å². The van der Waals surface area contributed by atoms with E-state index in [2.05, 4.69) is 17.6 Å². The standard InChI is InChI=1S/C16H30N2O3/c1-2-14(13-9-5-3-6-10-13)18-16(21)17-12-8-4-7-11-15(19)20/h13-14H,2-12H2,1H3,(H,19,20)(H2,17,18,21). The number of hydrogen-bond acceptors (Lipinski definition) is 2. The van der Waals surface area contributed by atoms with Crippen LogP contribution in [-0.4, -0.2) is 29.7 Å². The van der Waals surface area contributed by atoms with Gasteiger partial charge >= 0.3 is 12.0 Å². The Morgan fingerprint density at radius 1 is 1.14 bits per heavy atom. The molecule has 1 atom stereocenters. The van der Waals surface area contributed by atoms with Crippen LogP contribution < -0.4 is 10.6 Å². The molecule has 0 aromatic heterocycles. The molecule has 0 aromatic rings. The quantitative estimate of drug-likeness (QED) is 0.571. The molecular formula is C16H30N2O3. The van der Waals surface area contributed by atoms with Crippen LogP contribution in [0.15, 0.2) is 0 Å². The number of rotatable bonds is 9. The SMILES string of the molecule is CCC(NC(=O)NCCCCCC(=O)O)C1CCCCC1. The topological polar surface area (TPSA) is 78.4 Å². The third-order valence-corrected chi connectivity index (χ3v) is 4.33. The van der Waals surface area contributed by atoms with Gasteiger partial charge in [-0.05, 0) is 38.0 Å². The van der Waals surface area contributed by atoms with Gasteiger partial charge in [0.1, 0.15) is 0 Å². The van der Waals surface area contributed by atoms with Crippen molar-refractivity contribution < 1.29 is 14.7 Å². The van der Waals surface area contributed by atoms with Crippen molar-refractivity contribution in [3.05, 3.63) is 0 Å². The average molecular weight is 298 g/mol. The molecule has 0 aromatic carbocycles. The predicted molar refractivity (Wildman–Crippen MR) is 83.3 cm³/mol. The molecule has 2 amide bonds. The van der Waals surface area contributed by atoms with Gasteiger partial charge in [0.05, 0.1) is 0 Å². The molecule has 0 saturated heterocycles. The molecule has 122 valence electrons. The summed E-state index contributed by atoms with van der Waals surface area (Å²) < 4.78 is 0. The van der Waals surface area contributed by atoms with Crippen molar-refractivity contribution in [1.82, 2.24) is 10.6 Å². The third-order valence-electron chi connectivity index (χ3n) is 4.33. The zero-order valence-corrected chi connectivity index (χ0v) is 13.2. The average Bonchev–Trinajstić information content (AvgIpc) is 2.49. The van der Waals surface area contributed by atoms with Crippen LogP contribution in [-0.2, 0) is 4.79 Å². The molecular weight excluding hydrogens is 268 g/mol. The molecule has 0 radical (unpaired) electrons. The summed E-state index contributed by atoms with van der Waals surface area (Å²) >= 11 is 0. The van der Waals surface area contributed by atoms with E-state index in [-0.39, 0.29) is 18.5 Å². The van der Waals surface area contributed by atoms with Crippen LogP contribution in [0.1, 0.15) is 71.1 Å². The Hall–Kier alpha value is -1.26. The molecule has 1 fully saturated rings. The van der Waals surface area contributed by atoms with Gasteiger partial charge in [-0.1, -0.05) is 32.6 Å². The molecule has 3 N–H and O–H groups in total. The highest BCUT2D eigenvalue weighted by molar-refractivity contribution is 5.74. The molecule has 0 bridgehead atoms. The minimum atomic E-state index is -0.751. The van der Waals surface area contributed by atoms with Crippen molar-refractivity contribution in [3.63, 3.8) is 0 Å². The van der Waals surface area contributed by atoms with Crippen LogP contribution >= 0.6 is 0 Å². The minimum absolute atomic E-state index is 0.0781. The molecule has 1 rings (SSSR count). The van der Waals surface area contributed by atoms with Gasteiger partial charge in [-0.25, -0.2) is 4.79 Å². The molecule has 5 nitrogen and oxygen atoms in total. The Balaban J connectivity index is 2.11. The Morgan fingerprint density at radius 3 is 2.48 bits per heavy atom. The van der Waals surface area contributed by atoms with Crippen LogP contribution in [0.2, 0.25) is 0 Å². The molecule has 0 heterocycles. The Bertz CT molecular complexity index is 315. The number of unbranched alkanes of at least 4 members (excludes halogenated alkanes) is 2. The largest absolute Gasteiger partial charge is 0.481 e. The first kappa shape index (κ1) is 17.8. The van der Waals surface area contributed by atoms with E-state index in [9.17, 15) is 9.59 Å². The van der Waals surface area contributed by atoms with Crippen molar-refractivity contribution in [3.8, 4) is 0 Å². The number of carboxylic acid groups (broad SMARTS) is 1. The number of amides is 2. The van der Waals surface area contributed by atoms with E-state index in [1.165, 1.54) is 32.1 Å². The van der Waals surface area contributed by atoms with E-state index in [1.54, 1.807) is 0 Å². The fourth-order valence-electron chi connectivity index (χ4n) is 3.09. The van der Waals surface area contributed by atoms with Gasteiger partial charge in [0.2, 0.25) is 0 Å². The second kappa shape index (κ2) is 10.5. The fraction of sp³-hybridized carbons (Fsp3) is 0.875. The summed E-state index contributed by atoms with van der Waals surface area (Å²) in [6.45, 7) is 2.75. The van der Waals surface area contributed by atoms with Crippen molar-refractivity contribution in [2.45, 2.75) is 77.2 Å². The smallest absolute Gasteiger partial charge is 0.315 e. The Labute approximate surface area is 127 Å². The lowest BCUT2D eigenvalue weighted by Crippen LogP contribution is -2.46. The van der Waals surface area contributed by atoms with Gasteiger partial charge in [-0.15, -0.1) is 0 Å².